The van der Waals surface area contributed by atoms with Crippen LogP contribution in [0.15, 0.2) is 18.6 Å². The number of hydrogen-bond donors (Lipinski definition) is 0. The third kappa shape index (κ3) is 3.37. The van der Waals surface area contributed by atoms with Crippen LogP contribution in [0.2, 0.25) is 0 Å². The highest BCUT2D eigenvalue weighted by atomic mass is 35.5. The third-order valence-corrected chi connectivity index (χ3v) is 0.726. The van der Waals surface area contributed by atoms with Gasteiger partial charge in [-0.15, -0.1) is 24.8 Å². The van der Waals surface area contributed by atoms with Crippen LogP contribution in [0.5, 0.6) is 0 Å². The normalized spacial score (nSPS) is 6.80. The summed E-state index contributed by atoms with van der Waals surface area (Å²) in [5, 5.41) is 0. The zero-order valence-corrected chi connectivity index (χ0v) is 6.56. The standard InChI is InChI=1S/C5H4N2O.2ClH/c8-3-5-1-2-6-4-7-5;;/h1-4H;2*1H. The van der Waals surface area contributed by atoms with E-state index in [4.69, 9.17) is 0 Å². The molecule has 1 aromatic heterocycles. The van der Waals surface area contributed by atoms with Gasteiger partial charge in [0.05, 0.1) is 0 Å². The van der Waals surface area contributed by atoms with E-state index in [1.165, 1.54) is 12.5 Å². The first-order valence-electron chi connectivity index (χ1n) is 2.14. The van der Waals surface area contributed by atoms with E-state index in [0.717, 1.165) is 0 Å². The molecule has 1 heterocycles. The van der Waals surface area contributed by atoms with Gasteiger partial charge < -0.3 is 0 Å². The summed E-state index contributed by atoms with van der Waals surface area (Å²) in [5.74, 6) is 0. The predicted molar refractivity (Wildman–Crippen MR) is 41.9 cm³/mol. The largest absolute Gasteiger partial charge is 0.296 e. The fourth-order valence-corrected chi connectivity index (χ4v) is 0.371. The highest BCUT2D eigenvalue weighted by Crippen LogP contribution is 1.81. The van der Waals surface area contributed by atoms with Crippen LogP contribution in [0.25, 0.3) is 0 Å². The molecule has 0 spiro atoms. The van der Waals surface area contributed by atoms with Crippen molar-refractivity contribution in [3.05, 3.63) is 24.3 Å². The summed E-state index contributed by atoms with van der Waals surface area (Å²) in [7, 11) is 0. The molecule has 0 N–H and O–H groups in total. The van der Waals surface area contributed by atoms with Gasteiger partial charge in [0.1, 0.15) is 12.0 Å². The molecule has 0 saturated carbocycles. The quantitative estimate of drug-likeness (QED) is 0.610. The van der Waals surface area contributed by atoms with Crippen molar-refractivity contribution >= 4 is 31.1 Å². The second-order valence-corrected chi connectivity index (χ2v) is 1.25. The molecule has 0 aliphatic carbocycles. The fourth-order valence-electron chi connectivity index (χ4n) is 0.371. The molecule has 0 saturated heterocycles. The van der Waals surface area contributed by atoms with Crippen LogP contribution in [0.4, 0.5) is 0 Å². The molecule has 56 valence electrons. The van der Waals surface area contributed by atoms with Gasteiger partial charge in [0.2, 0.25) is 0 Å². The minimum Gasteiger partial charge on any atom is -0.296 e. The Morgan fingerprint density at radius 3 is 2.40 bits per heavy atom. The van der Waals surface area contributed by atoms with Gasteiger partial charge >= 0.3 is 0 Å². The Hall–Kier alpha value is -0.670. The first-order chi connectivity index (χ1) is 3.93. The van der Waals surface area contributed by atoms with Crippen LogP contribution in [0.3, 0.4) is 0 Å². The van der Waals surface area contributed by atoms with E-state index in [-0.39, 0.29) is 24.8 Å². The fraction of sp³-hybridized carbons (Fsp3) is 0. The number of aldehydes is 1. The van der Waals surface area contributed by atoms with Crippen molar-refractivity contribution in [2.24, 2.45) is 0 Å². The summed E-state index contributed by atoms with van der Waals surface area (Å²) in [5.41, 5.74) is 0.417. The summed E-state index contributed by atoms with van der Waals surface area (Å²) in [6.07, 6.45) is 3.54. The van der Waals surface area contributed by atoms with Crippen molar-refractivity contribution in [1.82, 2.24) is 9.97 Å². The topological polar surface area (TPSA) is 42.9 Å². The maximum Gasteiger partial charge on any atom is 0.168 e. The lowest BCUT2D eigenvalue weighted by molar-refractivity contribution is 0.111. The number of halogens is 2. The van der Waals surface area contributed by atoms with Crippen molar-refractivity contribution in [3.63, 3.8) is 0 Å². The molecule has 1 rings (SSSR count). The molecule has 0 aromatic carbocycles. The maximum atomic E-state index is 9.92. The molecule has 0 aliphatic rings. The number of carbonyl (C=O) groups excluding carboxylic acids is 1. The highest BCUT2D eigenvalue weighted by Gasteiger charge is 1.82. The van der Waals surface area contributed by atoms with Gasteiger partial charge in [-0.05, 0) is 6.07 Å². The van der Waals surface area contributed by atoms with Crippen molar-refractivity contribution in [1.29, 1.82) is 0 Å². The van der Waals surface area contributed by atoms with Crippen LogP contribution < -0.4 is 0 Å². The van der Waals surface area contributed by atoms with Gasteiger partial charge in [0.25, 0.3) is 0 Å². The van der Waals surface area contributed by atoms with Crippen LogP contribution in [-0.4, -0.2) is 16.3 Å². The van der Waals surface area contributed by atoms with Crippen LogP contribution in [0, 0.1) is 0 Å². The highest BCUT2D eigenvalue weighted by molar-refractivity contribution is 5.85. The van der Waals surface area contributed by atoms with E-state index in [9.17, 15) is 4.79 Å². The van der Waals surface area contributed by atoms with Gasteiger partial charge in [-0.3, -0.25) is 4.79 Å². The zero-order valence-electron chi connectivity index (χ0n) is 4.93. The van der Waals surface area contributed by atoms with E-state index in [2.05, 4.69) is 9.97 Å². The zero-order chi connectivity index (χ0) is 5.82. The number of nitrogens with zero attached hydrogens (tertiary/aromatic N) is 2. The molecule has 10 heavy (non-hydrogen) atoms. The summed E-state index contributed by atoms with van der Waals surface area (Å²) in [4.78, 5) is 17.2. The molecule has 0 aliphatic heterocycles. The minimum absolute atomic E-state index is 0. The van der Waals surface area contributed by atoms with Crippen molar-refractivity contribution < 1.29 is 4.79 Å². The van der Waals surface area contributed by atoms with Crippen LogP contribution >= 0.6 is 24.8 Å². The van der Waals surface area contributed by atoms with Crippen molar-refractivity contribution in [2.45, 2.75) is 0 Å². The SMILES string of the molecule is Cl.Cl.O=Cc1ccncn1. The van der Waals surface area contributed by atoms with E-state index < -0.39 is 0 Å². The van der Waals surface area contributed by atoms with Gasteiger partial charge in [-0.2, -0.15) is 0 Å². The Labute approximate surface area is 70.7 Å². The van der Waals surface area contributed by atoms with E-state index in [1.54, 1.807) is 6.07 Å². The predicted octanol–water partition coefficient (Wildman–Crippen LogP) is 1.13. The van der Waals surface area contributed by atoms with E-state index in [1.807, 2.05) is 0 Å². The number of hydrogen-bond acceptors (Lipinski definition) is 3. The monoisotopic (exact) mass is 180 g/mol. The Bertz CT molecular complexity index is 180. The van der Waals surface area contributed by atoms with Gasteiger partial charge in [0, 0.05) is 6.20 Å². The maximum absolute atomic E-state index is 9.92. The summed E-state index contributed by atoms with van der Waals surface area (Å²) in [6.45, 7) is 0. The molecule has 0 atom stereocenters. The average molecular weight is 181 g/mol. The molecular weight excluding hydrogens is 175 g/mol. The molecule has 1 aromatic rings. The first-order valence-corrected chi connectivity index (χ1v) is 2.14. The van der Waals surface area contributed by atoms with Crippen LogP contribution in [0.1, 0.15) is 10.5 Å². The second-order valence-electron chi connectivity index (χ2n) is 1.25. The first kappa shape index (κ1) is 12.0. The molecule has 0 fully saturated rings. The Morgan fingerprint density at radius 2 is 2.10 bits per heavy atom. The lowest BCUT2D eigenvalue weighted by Crippen LogP contribution is -1.83. The average Bonchev–Trinajstić information content (AvgIpc) is 1.90. The second kappa shape index (κ2) is 6.45. The molecule has 3 nitrogen and oxygen atoms in total. The van der Waals surface area contributed by atoms with E-state index >= 15 is 0 Å². The Morgan fingerprint density at radius 1 is 1.40 bits per heavy atom. The molecule has 0 unspecified atom stereocenters. The van der Waals surface area contributed by atoms with Gasteiger partial charge in [-0.1, -0.05) is 0 Å². The summed E-state index contributed by atoms with van der Waals surface area (Å²) in [6, 6.07) is 1.55. The van der Waals surface area contributed by atoms with Crippen molar-refractivity contribution in [2.75, 3.05) is 0 Å². The molecular formula is C5H6Cl2N2O. The minimum atomic E-state index is 0. The summed E-state index contributed by atoms with van der Waals surface area (Å²) >= 11 is 0. The Balaban J connectivity index is 0. The molecule has 5 heteroatoms. The molecule has 0 bridgehead atoms. The summed E-state index contributed by atoms with van der Waals surface area (Å²) < 4.78 is 0. The van der Waals surface area contributed by atoms with E-state index in [0.29, 0.717) is 12.0 Å². The smallest absolute Gasteiger partial charge is 0.168 e. The van der Waals surface area contributed by atoms with Crippen molar-refractivity contribution in [3.8, 4) is 0 Å². The van der Waals surface area contributed by atoms with Crippen LogP contribution in [-0.2, 0) is 0 Å². The third-order valence-electron chi connectivity index (χ3n) is 0.726. The number of rotatable bonds is 1. The Kier molecular flexibility index (Phi) is 7.77. The molecule has 0 radical (unpaired) electrons. The van der Waals surface area contributed by atoms with Gasteiger partial charge in [-0.25, -0.2) is 9.97 Å². The number of carbonyl (C=O) groups is 1. The lowest BCUT2D eigenvalue weighted by atomic mass is 10.5. The number of aromatic nitrogens is 2. The molecule has 0 amide bonds. The van der Waals surface area contributed by atoms with Gasteiger partial charge in [0.15, 0.2) is 6.29 Å². The lowest BCUT2D eigenvalue weighted by Gasteiger charge is -1.80.